The molecular weight excluding hydrogens is 350 g/mol. The number of hydrogen-bond donors (Lipinski definition) is 2. The van der Waals surface area contributed by atoms with E-state index in [2.05, 4.69) is 24.5 Å². The molecule has 0 bridgehead atoms. The number of nitrogens with zero attached hydrogens (tertiary/aromatic N) is 1. The lowest BCUT2D eigenvalue weighted by molar-refractivity contribution is -0.136. The van der Waals surface area contributed by atoms with Crippen LogP contribution in [0.2, 0.25) is 0 Å². The van der Waals surface area contributed by atoms with Crippen LogP contribution in [0, 0.1) is 17.8 Å². The average molecular weight is 388 g/mol. The zero-order chi connectivity index (χ0) is 18.1. The van der Waals surface area contributed by atoms with E-state index in [0.29, 0.717) is 18.3 Å². The third kappa shape index (κ3) is 7.43. The molecule has 1 atom stereocenters. The fraction of sp³-hybridized carbons (Fsp3) is 0.900. The summed E-state index contributed by atoms with van der Waals surface area (Å²) in [5.41, 5.74) is 0. The molecule has 6 heteroatoms. The van der Waals surface area contributed by atoms with E-state index in [9.17, 15) is 9.59 Å². The normalized spacial score (nSPS) is 20.3. The molecule has 0 aromatic heterocycles. The largest absolute Gasteiger partial charge is 0.356 e. The number of nitrogens with one attached hydrogen (secondary N) is 2. The van der Waals surface area contributed by atoms with Gasteiger partial charge in [0.15, 0.2) is 0 Å². The fourth-order valence-electron chi connectivity index (χ4n) is 4.11. The lowest BCUT2D eigenvalue weighted by Crippen LogP contribution is -2.44. The number of amides is 2. The summed E-state index contributed by atoms with van der Waals surface area (Å²) in [7, 11) is 0. The van der Waals surface area contributed by atoms with E-state index in [-0.39, 0.29) is 30.1 Å². The van der Waals surface area contributed by atoms with Crippen LogP contribution >= 0.6 is 12.4 Å². The Bertz CT molecular complexity index is 419. The van der Waals surface area contributed by atoms with Crippen molar-refractivity contribution in [2.45, 2.75) is 65.2 Å². The molecule has 2 saturated heterocycles. The molecule has 0 saturated carbocycles. The Kier molecular flexibility index (Phi) is 11.2. The van der Waals surface area contributed by atoms with Gasteiger partial charge >= 0.3 is 0 Å². The van der Waals surface area contributed by atoms with Gasteiger partial charge in [-0.3, -0.25) is 9.59 Å². The van der Waals surface area contributed by atoms with E-state index < -0.39 is 0 Å². The quantitative estimate of drug-likeness (QED) is 0.629. The minimum Gasteiger partial charge on any atom is -0.356 e. The van der Waals surface area contributed by atoms with Crippen molar-refractivity contribution in [1.82, 2.24) is 15.5 Å². The molecule has 0 aromatic carbocycles. The van der Waals surface area contributed by atoms with Gasteiger partial charge in [0, 0.05) is 32.0 Å². The molecule has 0 aliphatic carbocycles. The molecule has 2 aliphatic heterocycles. The maximum absolute atomic E-state index is 12.6. The second kappa shape index (κ2) is 12.6. The Morgan fingerprint density at radius 2 is 1.77 bits per heavy atom. The second-order valence-electron chi connectivity index (χ2n) is 7.92. The van der Waals surface area contributed by atoms with Crippen LogP contribution in [0.5, 0.6) is 0 Å². The van der Waals surface area contributed by atoms with Gasteiger partial charge in [0.1, 0.15) is 0 Å². The zero-order valence-electron chi connectivity index (χ0n) is 16.6. The minimum atomic E-state index is 0. The summed E-state index contributed by atoms with van der Waals surface area (Å²) in [6.07, 6.45) is 8.07. The molecule has 2 N–H and O–H groups in total. The molecule has 2 rings (SSSR count). The number of likely N-dealkylation sites (tertiary alicyclic amines) is 1. The number of halogens is 1. The lowest BCUT2D eigenvalue weighted by atomic mass is 9.83. The maximum atomic E-state index is 12.6. The Labute approximate surface area is 165 Å². The third-order valence-electron chi connectivity index (χ3n) is 5.98. The summed E-state index contributed by atoms with van der Waals surface area (Å²) in [5.74, 6) is 1.71. The Hall–Kier alpha value is -0.810. The summed E-state index contributed by atoms with van der Waals surface area (Å²) >= 11 is 0. The van der Waals surface area contributed by atoms with Crippen molar-refractivity contribution in [1.29, 1.82) is 0 Å². The number of carbonyl (C=O) groups excluding carboxylic acids is 2. The number of unbranched alkanes of at least 4 members (excludes halogenated alkanes) is 2. The first kappa shape index (κ1) is 23.2. The highest BCUT2D eigenvalue weighted by molar-refractivity contribution is 5.85. The Morgan fingerprint density at radius 3 is 2.38 bits per heavy atom. The van der Waals surface area contributed by atoms with Gasteiger partial charge in [-0.25, -0.2) is 0 Å². The summed E-state index contributed by atoms with van der Waals surface area (Å²) in [6, 6.07) is 0. The second-order valence-corrected chi connectivity index (χ2v) is 7.92. The first-order chi connectivity index (χ1) is 12.1. The Morgan fingerprint density at radius 1 is 1.12 bits per heavy atom. The Balaban J connectivity index is 0.00000338. The molecule has 2 aliphatic rings. The predicted molar refractivity (Wildman–Crippen MR) is 108 cm³/mol. The molecular formula is C20H38ClN3O2. The van der Waals surface area contributed by atoms with Crippen LogP contribution < -0.4 is 10.6 Å². The molecule has 2 fully saturated rings. The van der Waals surface area contributed by atoms with Crippen molar-refractivity contribution in [3.05, 3.63) is 0 Å². The fourth-order valence-corrected chi connectivity index (χ4v) is 4.11. The topological polar surface area (TPSA) is 61.4 Å². The highest BCUT2D eigenvalue weighted by Crippen LogP contribution is 2.26. The van der Waals surface area contributed by atoms with Crippen molar-refractivity contribution in [2.75, 3.05) is 32.7 Å². The van der Waals surface area contributed by atoms with Crippen LogP contribution in [0.1, 0.15) is 65.2 Å². The highest BCUT2D eigenvalue weighted by atomic mass is 35.5. The lowest BCUT2D eigenvalue weighted by Gasteiger charge is -2.34. The van der Waals surface area contributed by atoms with Gasteiger partial charge < -0.3 is 15.5 Å². The monoisotopic (exact) mass is 387 g/mol. The van der Waals surface area contributed by atoms with Crippen LogP contribution in [-0.2, 0) is 9.59 Å². The molecule has 5 nitrogen and oxygen atoms in total. The van der Waals surface area contributed by atoms with Crippen LogP contribution in [-0.4, -0.2) is 49.4 Å². The third-order valence-corrected chi connectivity index (χ3v) is 5.98. The van der Waals surface area contributed by atoms with Crippen LogP contribution in [0.25, 0.3) is 0 Å². The summed E-state index contributed by atoms with van der Waals surface area (Å²) in [4.78, 5) is 26.8. The number of rotatable bonds is 8. The highest BCUT2D eigenvalue weighted by Gasteiger charge is 2.29. The van der Waals surface area contributed by atoms with E-state index in [0.717, 1.165) is 52.0 Å². The van der Waals surface area contributed by atoms with Crippen molar-refractivity contribution in [3.8, 4) is 0 Å². The van der Waals surface area contributed by atoms with Crippen molar-refractivity contribution >= 4 is 24.2 Å². The van der Waals surface area contributed by atoms with Gasteiger partial charge in [0.2, 0.25) is 11.8 Å². The average Bonchev–Trinajstić information content (AvgIpc) is 2.66. The summed E-state index contributed by atoms with van der Waals surface area (Å²) < 4.78 is 0. The maximum Gasteiger partial charge on any atom is 0.223 e. The van der Waals surface area contributed by atoms with Crippen molar-refractivity contribution in [2.24, 2.45) is 17.8 Å². The van der Waals surface area contributed by atoms with E-state index in [4.69, 9.17) is 0 Å². The van der Waals surface area contributed by atoms with Gasteiger partial charge in [-0.15, -0.1) is 12.4 Å². The minimum absolute atomic E-state index is 0. The van der Waals surface area contributed by atoms with Crippen LogP contribution in [0.3, 0.4) is 0 Å². The first-order valence-electron chi connectivity index (χ1n) is 10.4. The van der Waals surface area contributed by atoms with Gasteiger partial charge in [0.25, 0.3) is 0 Å². The van der Waals surface area contributed by atoms with Crippen molar-refractivity contribution < 1.29 is 9.59 Å². The molecule has 26 heavy (non-hydrogen) atoms. The first-order valence-corrected chi connectivity index (χ1v) is 10.4. The van der Waals surface area contributed by atoms with Crippen LogP contribution in [0.15, 0.2) is 0 Å². The molecule has 2 amide bonds. The molecule has 1 unspecified atom stereocenters. The SMILES string of the molecule is CCCCCNC(=O)C1CCN(C(=O)CC(C)C2CCNCC2)CC1.Cl. The smallest absolute Gasteiger partial charge is 0.223 e. The molecule has 2 heterocycles. The number of carbonyl (C=O) groups is 2. The van der Waals surface area contributed by atoms with E-state index in [1.807, 2.05) is 4.90 Å². The predicted octanol–water partition coefficient (Wildman–Crippen LogP) is 2.98. The summed E-state index contributed by atoms with van der Waals surface area (Å²) in [5, 5.41) is 6.45. The van der Waals surface area contributed by atoms with Gasteiger partial charge in [-0.05, 0) is 57.0 Å². The van der Waals surface area contributed by atoms with E-state index in [1.54, 1.807) is 0 Å². The molecule has 152 valence electrons. The zero-order valence-corrected chi connectivity index (χ0v) is 17.4. The van der Waals surface area contributed by atoms with Crippen LogP contribution in [0.4, 0.5) is 0 Å². The number of piperidine rings is 2. The van der Waals surface area contributed by atoms with Crippen molar-refractivity contribution in [3.63, 3.8) is 0 Å². The standard InChI is InChI=1S/C20H37N3O2.ClH/c1-3-4-5-10-22-20(25)18-8-13-23(14-9-18)19(24)15-16(2)17-6-11-21-12-7-17;/h16-18,21H,3-15H2,1-2H3,(H,22,25);1H. The van der Waals surface area contributed by atoms with E-state index >= 15 is 0 Å². The van der Waals surface area contributed by atoms with Gasteiger partial charge in [0.05, 0.1) is 0 Å². The molecule has 0 radical (unpaired) electrons. The number of hydrogen-bond acceptors (Lipinski definition) is 3. The molecule has 0 aromatic rings. The van der Waals surface area contributed by atoms with E-state index in [1.165, 1.54) is 25.7 Å². The van der Waals surface area contributed by atoms with Gasteiger partial charge in [-0.2, -0.15) is 0 Å². The molecule has 0 spiro atoms. The summed E-state index contributed by atoms with van der Waals surface area (Å²) in [6.45, 7) is 8.84. The van der Waals surface area contributed by atoms with Gasteiger partial charge in [-0.1, -0.05) is 26.7 Å².